The van der Waals surface area contributed by atoms with Crippen LogP contribution in [-0.2, 0) is 11.0 Å². The number of nitrogens with zero attached hydrogens (tertiary/aromatic N) is 2. The van der Waals surface area contributed by atoms with Crippen LogP contribution in [0, 0.1) is 11.3 Å². The molecule has 0 bridgehead atoms. The lowest BCUT2D eigenvalue weighted by molar-refractivity contribution is -0.138. The highest BCUT2D eigenvalue weighted by Crippen LogP contribution is 2.38. The Morgan fingerprint density at radius 3 is 2.77 bits per heavy atom. The molecule has 0 aromatic carbocycles. The van der Waals surface area contributed by atoms with Crippen LogP contribution in [-0.4, -0.2) is 22.7 Å². The fourth-order valence-electron chi connectivity index (χ4n) is 2.06. The van der Waals surface area contributed by atoms with Crippen molar-refractivity contribution in [2.24, 2.45) is 0 Å². The number of amides is 1. The summed E-state index contributed by atoms with van der Waals surface area (Å²) >= 11 is 2.08. The molecule has 0 spiro atoms. The molecule has 4 nitrogen and oxygen atoms in total. The normalized spacial score (nSPS) is 12.5. The number of nitriles is 1. The number of nitrogens with one attached hydrogen (secondary N) is 1. The molecule has 0 aliphatic rings. The van der Waals surface area contributed by atoms with Crippen LogP contribution in [0.2, 0.25) is 0 Å². The van der Waals surface area contributed by atoms with Gasteiger partial charge in [-0.2, -0.15) is 18.4 Å². The van der Waals surface area contributed by atoms with Crippen molar-refractivity contribution >= 4 is 29.0 Å². The topological polar surface area (TPSA) is 65.8 Å². The first-order valence-electron chi connectivity index (χ1n) is 7.74. The van der Waals surface area contributed by atoms with E-state index >= 15 is 0 Å². The first-order valence-corrected chi connectivity index (χ1v) is 9.61. The Morgan fingerprint density at radius 2 is 2.23 bits per heavy atom. The van der Waals surface area contributed by atoms with Gasteiger partial charge < -0.3 is 5.32 Å². The summed E-state index contributed by atoms with van der Waals surface area (Å²) in [6, 6.07) is 5.80. The van der Waals surface area contributed by atoms with Crippen LogP contribution < -0.4 is 5.32 Å². The minimum absolute atomic E-state index is 0.0327. The smallest absolute Gasteiger partial charge is 0.353 e. The van der Waals surface area contributed by atoms with E-state index in [9.17, 15) is 23.2 Å². The van der Waals surface area contributed by atoms with Crippen molar-refractivity contribution < 1.29 is 18.0 Å². The van der Waals surface area contributed by atoms with Gasteiger partial charge in [-0.3, -0.25) is 4.79 Å². The monoisotopic (exact) mass is 399 g/mol. The number of rotatable bonds is 6. The van der Waals surface area contributed by atoms with Gasteiger partial charge in [0, 0.05) is 6.04 Å². The van der Waals surface area contributed by atoms with E-state index in [-0.39, 0.29) is 28.4 Å². The predicted molar refractivity (Wildman–Crippen MR) is 95.9 cm³/mol. The number of aromatic nitrogens is 1. The van der Waals surface area contributed by atoms with Gasteiger partial charge in [-0.15, -0.1) is 11.3 Å². The lowest BCUT2D eigenvalue weighted by Crippen LogP contribution is -2.33. The Bertz CT molecular complexity index is 814. The largest absolute Gasteiger partial charge is 0.417 e. The molecule has 2 rings (SSSR count). The quantitative estimate of drug-likeness (QED) is 0.715. The van der Waals surface area contributed by atoms with Crippen molar-refractivity contribution in [2.45, 2.75) is 37.5 Å². The highest BCUT2D eigenvalue weighted by molar-refractivity contribution is 8.00. The van der Waals surface area contributed by atoms with Gasteiger partial charge in [0.25, 0.3) is 0 Å². The molecule has 138 valence electrons. The predicted octanol–water partition coefficient (Wildman–Crippen LogP) is 4.71. The van der Waals surface area contributed by atoms with E-state index in [0.29, 0.717) is 4.88 Å². The first-order chi connectivity index (χ1) is 12.3. The molecule has 9 heteroatoms. The molecule has 2 aromatic rings. The summed E-state index contributed by atoms with van der Waals surface area (Å²) in [5, 5.41) is 13.6. The maximum atomic E-state index is 13.4. The van der Waals surface area contributed by atoms with Crippen molar-refractivity contribution in [2.75, 3.05) is 5.75 Å². The average molecular weight is 399 g/mol. The molecule has 0 saturated heterocycles. The highest BCUT2D eigenvalue weighted by Gasteiger charge is 2.36. The van der Waals surface area contributed by atoms with E-state index in [0.717, 1.165) is 24.2 Å². The van der Waals surface area contributed by atoms with E-state index in [2.05, 4.69) is 10.3 Å². The van der Waals surface area contributed by atoms with Gasteiger partial charge in [0.2, 0.25) is 5.91 Å². The average Bonchev–Trinajstić information content (AvgIpc) is 3.12. The van der Waals surface area contributed by atoms with Crippen molar-refractivity contribution in [3.63, 3.8) is 0 Å². The van der Waals surface area contributed by atoms with Crippen LogP contribution in [0.5, 0.6) is 0 Å². The Balaban J connectivity index is 2.39. The van der Waals surface area contributed by atoms with Crippen LogP contribution >= 0.6 is 23.1 Å². The zero-order valence-electron chi connectivity index (χ0n) is 14.1. The lowest BCUT2D eigenvalue weighted by Gasteiger charge is -2.14. The highest BCUT2D eigenvalue weighted by atomic mass is 32.2. The summed E-state index contributed by atoms with van der Waals surface area (Å²) < 4.78 is 40.2. The fourth-order valence-corrected chi connectivity index (χ4v) is 3.56. The Kier molecular flexibility index (Phi) is 6.67. The Morgan fingerprint density at radius 1 is 1.50 bits per heavy atom. The molecule has 2 heterocycles. The maximum absolute atomic E-state index is 13.4. The third-order valence-corrected chi connectivity index (χ3v) is 5.40. The minimum Gasteiger partial charge on any atom is -0.353 e. The van der Waals surface area contributed by atoms with E-state index in [4.69, 9.17) is 0 Å². The molecule has 0 fully saturated rings. The summed E-state index contributed by atoms with van der Waals surface area (Å²) in [4.78, 5) is 16.7. The van der Waals surface area contributed by atoms with Gasteiger partial charge in [-0.05, 0) is 30.9 Å². The number of halogens is 3. The second kappa shape index (κ2) is 8.56. The molecule has 0 radical (unpaired) electrons. The van der Waals surface area contributed by atoms with Crippen molar-refractivity contribution in [1.29, 1.82) is 5.26 Å². The molecular formula is C17H16F3N3OS2. The maximum Gasteiger partial charge on any atom is 0.417 e. The van der Waals surface area contributed by atoms with Crippen molar-refractivity contribution in [3.8, 4) is 16.6 Å². The third kappa shape index (κ3) is 4.99. The molecule has 0 aliphatic carbocycles. The van der Waals surface area contributed by atoms with Gasteiger partial charge in [0.05, 0.1) is 27.5 Å². The first kappa shape index (κ1) is 20.3. The van der Waals surface area contributed by atoms with Crippen LogP contribution in [0.1, 0.15) is 31.4 Å². The number of pyridine rings is 1. The summed E-state index contributed by atoms with van der Waals surface area (Å²) in [6.07, 6.45) is -3.95. The summed E-state index contributed by atoms with van der Waals surface area (Å²) in [5.41, 5.74) is -1.46. The van der Waals surface area contributed by atoms with Crippen LogP contribution in [0.15, 0.2) is 28.6 Å². The molecule has 0 saturated carbocycles. The Labute approximate surface area is 157 Å². The standard InChI is InChI=1S/C17H16F3N3OS2/c1-3-10(2)22-15(24)9-26-16-11(8-21)12(17(18,19)20)7-13(23-16)14-5-4-6-25-14/h4-7,10H,3,9H2,1-2H3,(H,22,24). The number of hydrogen-bond acceptors (Lipinski definition) is 5. The zero-order valence-corrected chi connectivity index (χ0v) is 15.7. The molecule has 0 aliphatic heterocycles. The number of thiophene rings is 1. The molecule has 1 amide bonds. The number of alkyl halides is 3. The van der Waals surface area contributed by atoms with Crippen LogP contribution in [0.4, 0.5) is 13.2 Å². The second-order valence-corrected chi connectivity index (χ2v) is 7.40. The molecule has 1 atom stereocenters. The number of hydrogen-bond donors (Lipinski definition) is 1. The minimum atomic E-state index is -4.69. The zero-order chi connectivity index (χ0) is 19.3. The Hall–Kier alpha value is -2.05. The van der Waals surface area contributed by atoms with Gasteiger partial charge >= 0.3 is 6.18 Å². The van der Waals surface area contributed by atoms with E-state index in [1.807, 2.05) is 13.8 Å². The fraction of sp³-hybridized carbons (Fsp3) is 0.353. The van der Waals surface area contributed by atoms with Gasteiger partial charge in [-0.25, -0.2) is 4.98 Å². The molecule has 26 heavy (non-hydrogen) atoms. The van der Waals surface area contributed by atoms with Crippen LogP contribution in [0.3, 0.4) is 0 Å². The van der Waals surface area contributed by atoms with Crippen LogP contribution in [0.25, 0.3) is 10.6 Å². The summed E-state index contributed by atoms with van der Waals surface area (Å²) in [6.45, 7) is 3.74. The third-order valence-electron chi connectivity index (χ3n) is 3.54. The van der Waals surface area contributed by atoms with E-state index in [1.54, 1.807) is 23.6 Å². The molecular weight excluding hydrogens is 383 g/mol. The second-order valence-electron chi connectivity index (χ2n) is 5.49. The van der Waals surface area contributed by atoms with Gasteiger partial charge in [-0.1, -0.05) is 24.8 Å². The van der Waals surface area contributed by atoms with Gasteiger partial charge in [0.1, 0.15) is 11.1 Å². The van der Waals surface area contributed by atoms with Crippen molar-refractivity contribution in [1.82, 2.24) is 10.3 Å². The van der Waals surface area contributed by atoms with Crippen molar-refractivity contribution in [3.05, 3.63) is 34.7 Å². The molecule has 2 aromatic heterocycles. The van der Waals surface area contributed by atoms with Gasteiger partial charge in [0.15, 0.2) is 0 Å². The van der Waals surface area contributed by atoms with E-state index < -0.39 is 17.3 Å². The lowest BCUT2D eigenvalue weighted by atomic mass is 10.1. The number of carbonyl (C=O) groups is 1. The summed E-state index contributed by atoms with van der Waals surface area (Å²) in [5.74, 6) is -0.429. The van der Waals surface area contributed by atoms with E-state index in [1.165, 1.54) is 11.3 Å². The number of thioether (sulfide) groups is 1. The molecule has 1 N–H and O–H groups in total. The molecule has 1 unspecified atom stereocenters. The SMILES string of the molecule is CCC(C)NC(=O)CSc1nc(-c2cccs2)cc(C(F)(F)F)c1C#N. The summed E-state index contributed by atoms with van der Waals surface area (Å²) in [7, 11) is 0. The number of carbonyl (C=O) groups excluding carboxylic acids is 1.